The van der Waals surface area contributed by atoms with Crippen LogP contribution in [0.5, 0.6) is 0 Å². The Morgan fingerprint density at radius 3 is 1.85 bits per heavy atom. The highest BCUT2D eigenvalue weighted by Gasteiger charge is 2.56. The predicted octanol–water partition coefficient (Wildman–Crippen LogP) is 4.49. The molecule has 0 aromatic carbocycles. The Kier molecular flexibility index (Phi) is 2.81. The Bertz CT molecular complexity index is 176. The first-order valence-electron chi connectivity index (χ1n) is 5.97. The Labute approximate surface area is 84.1 Å². The monoisotopic (exact) mass is 182 g/mol. The minimum atomic E-state index is 0.632. The first-order valence-corrected chi connectivity index (χ1v) is 5.97. The van der Waals surface area contributed by atoms with Gasteiger partial charge in [0.25, 0.3) is 0 Å². The highest BCUT2D eigenvalue weighted by Crippen LogP contribution is 2.65. The van der Waals surface area contributed by atoms with Crippen molar-refractivity contribution in [3.8, 4) is 0 Å². The maximum Gasteiger partial charge on any atom is -0.0292 e. The van der Waals surface area contributed by atoms with Gasteiger partial charge in [-0.05, 0) is 41.9 Å². The van der Waals surface area contributed by atoms with E-state index in [9.17, 15) is 0 Å². The minimum Gasteiger partial charge on any atom is -0.0683 e. The molecule has 1 unspecified atom stereocenters. The van der Waals surface area contributed by atoms with Crippen molar-refractivity contribution in [3.63, 3.8) is 0 Å². The molecule has 2 saturated carbocycles. The zero-order valence-corrected chi connectivity index (χ0v) is 10.3. The molecule has 13 heavy (non-hydrogen) atoms. The molecule has 0 aromatic heterocycles. The Hall–Kier alpha value is 0. The fourth-order valence-electron chi connectivity index (χ4n) is 3.55. The molecule has 0 spiro atoms. The SMILES string of the molecule is CC.CC1C(C)(C)[C@@H]2CC[C@]1(C)C2. The van der Waals surface area contributed by atoms with Crippen LogP contribution in [0, 0.1) is 22.7 Å². The van der Waals surface area contributed by atoms with Gasteiger partial charge in [-0.1, -0.05) is 41.5 Å². The van der Waals surface area contributed by atoms with E-state index in [2.05, 4.69) is 27.7 Å². The number of fused-ring (bicyclic) bond motifs is 2. The van der Waals surface area contributed by atoms with Gasteiger partial charge in [0.2, 0.25) is 0 Å². The average molecular weight is 182 g/mol. The van der Waals surface area contributed by atoms with E-state index in [0.717, 1.165) is 11.8 Å². The third-order valence-electron chi connectivity index (χ3n) is 4.99. The highest BCUT2D eigenvalue weighted by molar-refractivity contribution is 5.06. The van der Waals surface area contributed by atoms with Gasteiger partial charge in [-0.15, -0.1) is 0 Å². The van der Waals surface area contributed by atoms with Crippen molar-refractivity contribution >= 4 is 0 Å². The molecule has 0 radical (unpaired) electrons. The zero-order valence-electron chi connectivity index (χ0n) is 10.3. The normalized spacial score (nSPS) is 45.7. The summed E-state index contributed by atoms with van der Waals surface area (Å²) in [6.45, 7) is 13.9. The third-order valence-corrected chi connectivity index (χ3v) is 4.99. The molecule has 3 atom stereocenters. The third kappa shape index (κ3) is 1.43. The number of rotatable bonds is 0. The molecule has 0 heterocycles. The first-order chi connectivity index (χ1) is 5.97. The lowest BCUT2D eigenvalue weighted by atomic mass is 9.65. The fourth-order valence-corrected chi connectivity index (χ4v) is 3.55. The van der Waals surface area contributed by atoms with Crippen LogP contribution in [0.15, 0.2) is 0 Å². The second-order valence-corrected chi connectivity index (χ2v) is 5.64. The molecule has 0 aromatic rings. The van der Waals surface area contributed by atoms with Gasteiger partial charge in [-0.2, -0.15) is 0 Å². The van der Waals surface area contributed by atoms with Gasteiger partial charge in [0.1, 0.15) is 0 Å². The largest absolute Gasteiger partial charge is 0.0683 e. The van der Waals surface area contributed by atoms with Crippen LogP contribution in [-0.2, 0) is 0 Å². The predicted molar refractivity (Wildman–Crippen MR) is 59.7 cm³/mol. The van der Waals surface area contributed by atoms with Crippen molar-refractivity contribution in [3.05, 3.63) is 0 Å². The van der Waals surface area contributed by atoms with E-state index in [1.165, 1.54) is 19.3 Å². The topological polar surface area (TPSA) is 0 Å². The summed E-state index contributed by atoms with van der Waals surface area (Å²) in [5, 5.41) is 0. The smallest absolute Gasteiger partial charge is 0.0292 e. The summed E-state index contributed by atoms with van der Waals surface area (Å²) in [5.74, 6) is 1.97. The molecule has 0 nitrogen and oxygen atoms in total. The maximum atomic E-state index is 2.49. The Balaban J connectivity index is 0.000000396. The summed E-state index contributed by atoms with van der Waals surface area (Å²) in [6, 6.07) is 0. The Morgan fingerprint density at radius 2 is 1.62 bits per heavy atom. The fraction of sp³-hybridized carbons (Fsp3) is 1.00. The van der Waals surface area contributed by atoms with Crippen LogP contribution in [0.2, 0.25) is 0 Å². The van der Waals surface area contributed by atoms with E-state index in [0.29, 0.717) is 10.8 Å². The molecule has 0 N–H and O–H groups in total. The van der Waals surface area contributed by atoms with Gasteiger partial charge in [-0.3, -0.25) is 0 Å². The van der Waals surface area contributed by atoms with E-state index in [1.54, 1.807) is 0 Å². The van der Waals surface area contributed by atoms with Gasteiger partial charge >= 0.3 is 0 Å². The van der Waals surface area contributed by atoms with Crippen LogP contribution < -0.4 is 0 Å². The molecule has 2 fully saturated rings. The second-order valence-electron chi connectivity index (χ2n) is 5.64. The van der Waals surface area contributed by atoms with E-state index in [1.807, 2.05) is 13.8 Å². The molecule has 0 saturated heterocycles. The quantitative estimate of drug-likeness (QED) is 0.517. The molecule has 2 aliphatic rings. The van der Waals surface area contributed by atoms with Crippen molar-refractivity contribution < 1.29 is 0 Å². The molecular weight excluding hydrogens is 156 g/mol. The summed E-state index contributed by atoms with van der Waals surface area (Å²) in [6.07, 6.45) is 4.48. The molecule has 0 heteroatoms. The van der Waals surface area contributed by atoms with Crippen LogP contribution in [0.3, 0.4) is 0 Å². The van der Waals surface area contributed by atoms with Crippen molar-refractivity contribution in [1.29, 1.82) is 0 Å². The van der Waals surface area contributed by atoms with Gasteiger partial charge in [0, 0.05) is 0 Å². The molecule has 0 aliphatic heterocycles. The van der Waals surface area contributed by atoms with E-state index in [-0.39, 0.29) is 0 Å². The van der Waals surface area contributed by atoms with Gasteiger partial charge < -0.3 is 0 Å². The average Bonchev–Trinajstić information content (AvgIpc) is 2.57. The summed E-state index contributed by atoms with van der Waals surface area (Å²) < 4.78 is 0. The summed E-state index contributed by atoms with van der Waals surface area (Å²) in [5.41, 5.74) is 1.33. The molecule has 0 amide bonds. The second kappa shape index (κ2) is 3.29. The van der Waals surface area contributed by atoms with Crippen molar-refractivity contribution in [1.82, 2.24) is 0 Å². The summed E-state index contributed by atoms with van der Waals surface area (Å²) in [4.78, 5) is 0. The lowest BCUT2D eigenvalue weighted by Gasteiger charge is -2.40. The molecule has 78 valence electrons. The van der Waals surface area contributed by atoms with Crippen LogP contribution in [0.4, 0.5) is 0 Å². The standard InChI is InChI=1S/C11H20.C2H6/c1-8-10(2,3)9-5-6-11(8,4)7-9;1-2/h8-9H,5-7H2,1-4H3;1-2H3/t8?,9-,11-;/m1./s1. The molecule has 2 bridgehead atoms. The number of hydrogen-bond acceptors (Lipinski definition) is 0. The van der Waals surface area contributed by atoms with E-state index in [4.69, 9.17) is 0 Å². The maximum absolute atomic E-state index is 2.49. The summed E-state index contributed by atoms with van der Waals surface area (Å²) in [7, 11) is 0. The Morgan fingerprint density at radius 1 is 1.08 bits per heavy atom. The van der Waals surface area contributed by atoms with Crippen LogP contribution in [-0.4, -0.2) is 0 Å². The zero-order chi connectivity index (χ0) is 10.3. The minimum absolute atomic E-state index is 0.632. The van der Waals surface area contributed by atoms with Crippen molar-refractivity contribution in [2.24, 2.45) is 22.7 Å². The molecule has 2 rings (SSSR count). The highest BCUT2D eigenvalue weighted by atomic mass is 14.6. The lowest BCUT2D eigenvalue weighted by molar-refractivity contribution is 0.0903. The molecule has 2 aliphatic carbocycles. The lowest BCUT2D eigenvalue weighted by Crippen LogP contribution is -2.32. The molecular formula is C13H26. The first kappa shape index (κ1) is 11.1. The van der Waals surface area contributed by atoms with Gasteiger partial charge in [0.15, 0.2) is 0 Å². The van der Waals surface area contributed by atoms with Crippen LogP contribution >= 0.6 is 0 Å². The van der Waals surface area contributed by atoms with Crippen molar-refractivity contribution in [2.75, 3.05) is 0 Å². The van der Waals surface area contributed by atoms with E-state index < -0.39 is 0 Å². The van der Waals surface area contributed by atoms with Crippen LogP contribution in [0.1, 0.15) is 60.8 Å². The van der Waals surface area contributed by atoms with E-state index >= 15 is 0 Å². The summed E-state index contributed by atoms with van der Waals surface area (Å²) >= 11 is 0. The van der Waals surface area contributed by atoms with Crippen molar-refractivity contribution in [2.45, 2.75) is 60.8 Å². The van der Waals surface area contributed by atoms with Gasteiger partial charge in [0.05, 0.1) is 0 Å². The van der Waals surface area contributed by atoms with Gasteiger partial charge in [-0.25, -0.2) is 0 Å². The number of hydrogen-bond donors (Lipinski definition) is 0. The van der Waals surface area contributed by atoms with Crippen LogP contribution in [0.25, 0.3) is 0 Å².